The highest BCUT2D eigenvalue weighted by molar-refractivity contribution is 7.99. The summed E-state index contributed by atoms with van der Waals surface area (Å²) in [4.78, 5) is 15.4. The standard InChI is InChI=1S/C20H27ClN2OS/c21-16-5-3-4-15(12-16)17-13-18(17)19(24)22-14-20(6-1-2-7-20)23-8-10-25-11-9-23/h3-5,12,17-18H,1-2,6-11,13-14H2,(H,22,24). The molecular weight excluding hydrogens is 352 g/mol. The fourth-order valence-corrected chi connectivity index (χ4v) is 5.75. The van der Waals surface area contributed by atoms with Gasteiger partial charge in [-0.25, -0.2) is 0 Å². The van der Waals surface area contributed by atoms with Gasteiger partial charge in [0.1, 0.15) is 0 Å². The van der Waals surface area contributed by atoms with Crippen molar-refractivity contribution in [3.05, 3.63) is 34.9 Å². The van der Waals surface area contributed by atoms with Gasteiger partial charge in [-0.2, -0.15) is 11.8 Å². The number of carbonyl (C=O) groups is 1. The third-order valence-electron chi connectivity index (χ3n) is 6.21. The SMILES string of the molecule is O=C(NCC1(N2CCSCC2)CCCC1)C1CC1c1cccc(Cl)c1. The molecule has 2 atom stereocenters. The molecule has 5 heteroatoms. The summed E-state index contributed by atoms with van der Waals surface area (Å²) in [5, 5.41) is 4.08. The van der Waals surface area contributed by atoms with Gasteiger partial charge < -0.3 is 5.32 Å². The molecular formula is C20H27ClN2OS. The molecule has 136 valence electrons. The molecule has 1 heterocycles. The molecule has 1 N–H and O–H groups in total. The van der Waals surface area contributed by atoms with Gasteiger partial charge in [0.2, 0.25) is 5.91 Å². The third kappa shape index (κ3) is 3.86. The zero-order valence-corrected chi connectivity index (χ0v) is 16.2. The van der Waals surface area contributed by atoms with E-state index in [0.717, 1.165) is 18.0 Å². The lowest BCUT2D eigenvalue weighted by Crippen LogP contribution is -2.56. The summed E-state index contributed by atoms with van der Waals surface area (Å²) < 4.78 is 0. The summed E-state index contributed by atoms with van der Waals surface area (Å²) in [6.45, 7) is 3.18. The third-order valence-corrected chi connectivity index (χ3v) is 7.39. The maximum absolute atomic E-state index is 12.7. The minimum absolute atomic E-state index is 0.133. The van der Waals surface area contributed by atoms with Gasteiger partial charge >= 0.3 is 0 Å². The normalized spacial score (nSPS) is 28.7. The average molecular weight is 379 g/mol. The van der Waals surface area contributed by atoms with Gasteiger partial charge in [-0.05, 0) is 42.9 Å². The van der Waals surface area contributed by atoms with Crippen molar-refractivity contribution in [1.29, 1.82) is 0 Å². The van der Waals surface area contributed by atoms with E-state index in [1.165, 1.54) is 55.8 Å². The van der Waals surface area contributed by atoms with Crippen LogP contribution in [0, 0.1) is 5.92 Å². The van der Waals surface area contributed by atoms with E-state index in [2.05, 4.69) is 28.0 Å². The number of hydrogen-bond donors (Lipinski definition) is 1. The molecule has 2 saturated carbocycles. The van der Waals surface area contributed by atoms with Crippen LogP contribution in [-0.2, 0) is 4.79 Å². The molecule has 1 saturated heterocycles. The molecule has 25 heavy (non-hydrogen) atoms. The zero-order chi connectivity index (χ0) is 17.3. The molecule has 1 amide bonds. The first-order valence-electron chi connectivity index (χ1n) is 9.54. The summed E-state index contributed by atoms with van der Waals surface area (Å²) in [5.74, 6) is 3.19. The Morgan fingerprint density at radius 2 is 2.04 bits per heavy atom. The van der Waals surface area contributed by atoms with E-state index in [9.17, 15) is 4.79 Å². The molecule has 2 aliphatic carbocycles. The quantitative estimate of drug-likeness (QED) is 0.842. The molecule has 1 aromatic carbocycles. The fraction of sp³-hybridized carbons (Fsp3) is 0.650. The van der Waals surface area contributed by atoms with Crippen molar-refractivity contribution in [3.8, 4) is 0 Å². The highest BCUT2D eigenvalue weighted by Gasteiger charge is 2.46. The number of thioether (sulfide) groups is 1. The zero-order valence-electron chi connectivity index (χ0n) is 14.7. The lowest BCUT2D eigenvalue weighted by Gasteiger charge is -2.43. The number of benzene rings is 1. The molecule has 2 unspecified atom stereocenters. The Bertz CT molecular complexity index is 626. The number of rotatable bonds is 5. The van der Waals surface area contributed by atoms with Crippen molar-refractivity contribution >= 4 is 29.3 Å². The van der Waals surface area contributed by atoms with Crippen molar-refractivity contribution in [2.75, 3.05) is 31.1 Å². The molecule has 0 bridgehead atoms. The topological polar surface area (TPSA) is 32.3 Å². The smallest absolute Gasteiger partial charge is 0.223 e. The first kappa shape index (κ1) is 17.7. The van der Waals surface area contributed by atoms with Gasteiger partial charge in [0, 0.05) is 47.6 Å². The van der Waals surface area contributed by atoms with Gasteiger partial charge in [-0.1, -0.05) is 36.6 Å². The number of halogens is 1. The van der Waals surface area contributed by atoms with Crippen LogP contribution < -0.4 is 5.32 Å². The number of nitrogens with one attached hydrogen (secondary N) is 1. The van der Waals surface area contributed by atoms with E-state index < -0.39 is 0 Å². The van der Waals surface area contributed by atoms with Crippen LogP contribution in [0.15, 0.2) is 24.3 Å². The van der Waals surface area contributed by atoms with Crippen molar-refractivity contribution in [2.24, 2.45) is 5.92 Å². The molecule has 4 rings (SSSR count). The minimum atomic E-state index is 0.133. The van der Waals surface area contributed by atoms with E-state index in [0.29, 0.717) is 5.92 Å². The van der Waals surface area contributed by atoms with E-state index in [1.54, 1.807) is 0 Å². The number of hydrogen-bond acceptors (Lipinski definition) is 3. The van der Waals surface area contributed by atoms with Crippen LogP contribution in [0.25, 0.3) is 0 Å². The maximum atomic E-state index is 12.7. The number of nitrogens with zero attached hydrogens (tertiary/aromatic N) is 1. The highest BCUT2D eigenvalue weighted by atomic mass is 35.5. The second-order valence-corrected chi connectivity index (χ2v) is 9.41. The molecule has 0 aromatic heterocycles. The van der Waals surface area contributed by atoms with Crippen LogP contribution in [0.2, 0.25) is 5.02 Å². The van der Waals surface area contributed by atoms with Crippen molar-refractivity contribution < 1.29 is 4.79 Å². The molecule has 3 fully saturated rings. The van der Waals surface area contributed by atoms with Gasteiger partial charge in [0.25, 0.3) is 0 Å². The maximum Gasteiger partial charge on any atom is 0.223 e. The van der Waals surface area contributed by atoms with Gasteiger partial charge in [-0.3, -0.25) is 9.69 Å². The van der Waals surface area contributed by atoms with E-state index >= 15 is 0 Å². The summed E-state index contributed by atoms with van der Waals surface area (Å²) >= 11 is 8.14. The second kappa shape index (κ2) is 7.50. The van der Waals surface area contributed by atoms with Crippen molar-refractivity contribution in [3.63, 3.8) is 0 Å². The molecule has 0 radical (unpaired) electrons. The van der Waals surface area contributed by atoms with Crippen LogP contribution in [0.3, 0.4) is 0 Å². The Morgan fingerprint density at radius 1 is 1.28 bits per heavy atom. The predicted molar refractivity (Wildman–Crippen MR) is 105 cm³/mol. The van der Waals surface area contributed by atoms with Gasteiger partial charge in [-0.15, -0.1) is 0 Å². The summed E-state index contributed by atoms with van der Waals surface area (Å²) in [7, 11) is 0. The molecule has 0 spiro atoms. The monoisotopic (exact) mass is 378 g/mol. The largest absolute Gasteiger partial charge is 0.354 e. The van der Waals surface area contributed by atoms with E-state index in [4.69, 9.17) is 11.6 Å². The van der Waals surface area contributed by atoms with E-state index in [1.807, 2.05) is 18.2 Å². The van der Waals surface area contributed by atoms with Crippen molar-refractivity contribution in [1.82, 2.24) is 10.2 Å². The first-order valence-corrected chi connectivity index (χ1v) is 11.1. The second-order valence-electron chi connectivity index (χ2n) is 7.75. The minimum Gasteiger partial charge on any atom is -0.354 e. The first-order chi connectivity index (χ1) is 12.2. The van der Waals surface area contributed by atoms with Gasteiger partial charge in [0.15, 0.2) is 0 Å². The highest BCUT2D eigenvalue weighted by Crippen LogP contribution is 2.48. The average Bonchev–Trinajstić information content (AvgIpc) is 3.31. The van der Waals surface area contributed by atoms with Crippen LogP contribution >= 0.6 is 23.4 Å². The van der Waals surface area contributed by atoms with Gasteiger partial charge in [0.05, 0.1) is 0 Å². The Hall–Kier alpha value is -0.710. The number of carbonyl (C=O) groups excluding carboxylic acids is 1. The molecule has 1 aromatic rings. The van der Waals surface area contributed by atoms with Crippen LogP contribution in [-0.4, -0.2) is 47.5 Å². The molecule has 3 nitrogen and oxygen atoms in total. The Kier molecular flexibility index (Phi) is 5.30. The fourth-order valence-electron chi connectivity index (χ4n) is 4.65. The summed E-state index contributed by atoms with van der Waals surface area (Å²) in [5.41, 5.74) is 1.42. The molecule has 1 aliphatic heterocycles. The Morgan fingerprint density at radius 3 is 2.76 bits per heavy atom. The van der Waals surface area contributed by atoms with E-state index in [-0.39, 0.29) is 17.4 Å². The van der Waals surface area contributed by atoms with Crippen LogP contribution in [0.5, 0.6) is 0 Å². The van der Waals surface area contributed by atoms with Crippen molar-refractivity contribution in [2.45, 2.75) is 43.6 Å². The number of amides is 1. The summed E-state index contributed by atoms with van der Waals surface area (Å²) in [6.07, 6.45) is 6.03. The lowest BCUT2D eigenvalue weighted by molar-refractivity contribution is -0.123. The predicted octanol–water partition coefficient (Wildman–Crippen LogP) is 3.92. The molecule has 3 aliphatic rings. The Labute approximate surface area is 159 Å². The lowest BCUT2D eigenvalue weighted by atomic mass is 9.94. The summed E-state index contributed by atoms with van der Waals surface area (Å²) in [6, 6.07) is 7.97. The van der Waals surface area contributed by atoms with Crippen LogP contribution in [0.4, 0.5) is 0 Å². The Balaban J connectivity index is 1.35. The van der Waals surface area contributed by atoms with Crippen LogP contribution in [0.1, 0.15) is 43.6 Å².